The second-order valence-electron chi connectivity index (χ2n) is 4.79. The van der Waals surface area contributed by atoms with Gasteiger partial charge in [0.2, 0.25) is 10.0 Å². The molecular weight excluding hydrogens is 252 g/mol. The van der Waals surface area contributed by atoms with Crippen molar-refractivity contribution in [2.45, 2.75) is 18.7 Å². The maximum absolute atomic E-state index is 12.0. The number of hydrogen-bond acceptors (Lipinski definition) is 4. The molecule has 0 bridgehead atoms. The zero-order valence-corrected chi connectivity index (χ0v) is 11.2. The van der Waals surface area contributed by atoms with E-state index in [4.69, 9.17) is 10.4 Å². The summed E-state index contributed by atoms with van der Waals surface area (Å²) in [4.78, 5) is 0.0512. The number of aliphatic hydroxyl groups excluding tert-OH is 1. The molecular formula is C12H16N2O3S. The maximum atomic E-state index is 12.0. The Morgan fingerprint density at radius 1 is 1.44 bits per heavy atom. The molecule has 0 saturated carbocycles. The summed E-state index contributed by atoms with van der Waals surface area (Å²) in [6.07, 6.45) is 0. The highest BCUT2D eigenvalue weighted by molar-refractivity contribution is 7.89. The van der Waals surface area contributed by atoms with Crippen LogP contribution in [0.4, 0.5) is 0 Å². The average Bonchev–Trinajstić information content (AvgIpc) is 2.37. The molecule has 18 heavy (non-hydrogen) atoms. The van der Waals surface area contributed by atoms with Crippen molar-refractivity contribution in [2.24, 2.45) is 5.41 Å². The molecule has 0 aliphatic rings. The lowest BCUT2D eigenvalue weighted by Crippen LogP contribution is -2.36. The van der Waals surface area contributed by atoms with Crippen LogP contribution < -0.4 is 4.72 Å². The third-order valence-corrected chi connectivity index (χ3v) is 3.84. The van der Waals surface area contributed by atoms with Gasteiger partial charge in [-0.15, -0.1) is 0 Å². The van der Waals surface area contributed by atoms with Crippen LogP contribution in [0.15, 0.2) is 29.2 Å². The van der Waals surface area contributed by atoms with Gasteiger partial charge >= 0.3 is 0 Å². The Bertz CT molecular complexity index is 559. The third-order valence-electron chi connectivity index (χ3n) is 2.44. The summed E-state index contributed by atoms with van der Waals surface area (Å²) in [6, 6.07) is 7.69. The fourth-order valence-corrected chi connectivity index (χ4v) is 2.45. The molecule has 0 radical (unpaired) electrons. The van der Waals surface area contributed by atoms with E-state index in [1.807, 2.05) is 6.07 Å². The first-order chi connectivity index (χ1) is 8.30. The smallest absolute Gasteiger partial charge is 0.240 e. The van der Waals surface area contributed by atoms with Crippen LogP contribution >= 0.6 is 0 Å². The minimum absolute atomic E-state index is 0.0512. The first-order valence-corrected chi connectivity index (χ1v) is 6.90. The van der Waals surface area contributed by atoms with E-state index in [9.17, 15) is 8.42 Å². The van der Waals surface area contributed by atoms with Gasteiger partial charge in [0, 0.05) is 18.6 Å². The normalized spacial score (nSPS) is 12.1. The Hall–Kier alpha value is -1.42. The molecule has 5 nitrogen and oxygen atoms in total. The minimum atomic E-state index is -3.65. The molecule has 0 heterocycles. The predicted molar refractivity (Wildman–Crippen MR) is 67.2 cm³/mol. The van der Waals surface area contributed by atoms with Gasteiger partial charge in [-0.1, -0.05) is 19.9 Å². The fourth-order valence-electron chi connectivity index (χ4n) is 1.16. The average molecular weight is 268 g/mol. The van der Waals surface area contributed by atoms with Gasteiger partial charge in [-0.05, 0) is 18.2 Å². The Kier molecular flexibility index (Phi) is 4.46. The van der Waals surface area contributed by atoms with Crippen LogP contribution in [0.25, 0.3) is 0 Å². The standard InChI is InChI=1S/C12H16N2O3S/c1-12(2,9-15)8-14-18(16,17)11-5-3-4-10(6-11)7-13/h3-6,14-15H,8-9H2,1-2H3. The lowest BCUT2D eigenvalue weighted by molar-refractivity contribution is 0.163. The van der Waals surface area contributed by atoms with E-state index in [2.05, 4.69) is 4.72 Å². The Labute approximate surface area is 107 Å². The van der Waals surface area contributed by atoms with Gasteiger partial charge in [-0.2, -0.15) is 5.26 Å². The highest BCUT2D eigenvalue weighted by atomic mass is 32.2. The van der Waals surface area contributed by atoms with Crippen molar-refractivity contribution < 1.29 is 13.5 Å². The third kappa shape index (κ3) is 3.81. The van der Waals surface area contributed by atoms with Gasteiger partial charge < -0.3 is 5.11 Å². The van der Waals surface area contributed by atoms with Crippen LogP contribution in [-0.2, 0) is 10.0 Å². The summed E-state index contributed by atoms with van der Waals surface area (Å²) >= 11 is 0. The molecule has 0 aromatic heterocycles. The molecule has 1 aromatic rings. The van der Waals surface area contributed by atoms with E-state index in [0.29, 0.717) is 5.56 Å². The van der Waals surface area contributed by atoms with Gasteiger partial charge in [0.1, 0.15) is 0 Å². The molecule has 0 spiro atoms. The van der Waals surface area contributed by atoms with Crippen LogP contribution in [0.1, 0.15) is 19.4 Å². The Balaban J connectivity index is 2.91. The molecule has 1 rings (SSSR count). The van der Waals surface area contributed by atoms with Gasteiger partial charge in [-0.25, -0.2) is 13.1 Å². The van der Waals surface area contributed by atoms with Crippen LogP contribution in [0.3, 0.4) is 0 Å². The topological polar surface area (TPSA) is 90.2 Å². The van der Waals surface area contributed by atoms with E-state index >= 15 is 0 Å². The molecule has 0 atom stereocenters. The molecule has 0 aliphatic carbocycles. The van der Waals surface area contributed by atoms with Crippen LogP contribution in [0.5, 0.6) is 0 Å². The SMILES string of the molecule is CC(C)(CO)CNS(=O)(=O)c1cccc(C#N)c1. The Morgan fingerprint density at radius 3 is 2.67 bits per heavy atom. The molecule has 0 unspecified atom stereocenters. The van der Waals surface area contributed by atoms with Crippen LogP contribution in [0.2, 0.25) is 0 Å². The van der Waals surface area contributed by atoms with Crippen molar-refractivity contribution in [1.82, 2.24) is 4.72 Å². The second kappa shape index (κ2) is 5.48. The molecule has 98 valence electrons. The first kappa shape index (κ1) is 14.6. The van der Waals surface area contributed by atoms with Crippen molar-refractivity contribution in [3.63, 3.8) is 0 Å². The quantitative estimate of drug-likeness (QED) is 0.828. The molecule has 0 amide bonds. The fraction of sp³-hybridized carbons (Fsp3) is 0.417. The zero-order chi connectivity index (χ0) is 13.8. The molecule has 6 heteroatoms. The van der Waals surface area contributed by atoms with Crippen molar-refractivity contribution in [1.29, 1.82) is 5.26 Å². The minimum Gasteiger partial charge on any atom is -0.396 e. The van der Waals surface area contributed by atoms with Gasteiger partial charge in [0.15, 0.2) is 0 Å². The summed E-state index contributed by atoms with van der Waals surface area (Å²) in [5.41, 5.74) is -0.237. The first-order valence-electron chi connectivity index (χ1n) is 5.41. The van der Waals surface area contributed by atoms with Crippen molar-refractivity contribution in [2.75, 3.05) is 13.2 Å². The lowest BCUT2D eigenvalue weighted by atomic mass is 9.96. The summed E-state index contributed by atoms with van der Waals surface area (Å²) in [7, 11) is -3.65. The van der Waals surface area contributed by atoms with E-state index in [1.165, 1.54) is 24.3 Å². The summed E-state index contributed by atoms with van der Waals surface area (Å²) in [6.45, 7) is 3.51. The van der Waals surface area contributed by atoms with E-state index in [-0.39, 0.29) is 18.0 Å². The molecule has 1 aromatic carbocycles. The van der Waals surface area contributed by atoms with E-state index in [0.717, 1.165) is 0 Å². The maximum Gasteiger partial charge on any atom is 0.240 e. The number of aliphatic hydroxyl groups is 1. The Morgan fingerprint density at radius 2 is 2.11 bits per heavy atom. The predicted octanol–water partition coefficient (Wildman–Crippen LogP) is 0.855. The molecule has 2 N–H and O–H groups in total. The van der Waals surface area contributed by atoms with Crippen molar-refractivity contribution >= 4 is 10.0 Å². The van der Waals surface area contributed by atoms with Gasteiger partial charge in [-0.3, -0.25) is 0 Å². The number of nitriles is 1. The molecule has 0 saturated heterocycles. The summed E-state index contributed by atoms with van der Waals surface area (Å²) in [5.74, 6) is 0. The van der Waals surface area contributed by atoms with Gasteiger partial charge in [0.25, 0.3) is 0 Å². The molecule has 0 aliphatic heterocycles. The van der Waals surface area contributed by atoms with E-state index < -0.39 is 15.4 Å². The number of sulfonamides is 1. The van der Waals surface area contributed by atoms with Crippen molar-refractivity contribution in [3.8, 4) is 6.07 Å². The van der Waals surface area contributed by atoms with Crippen LogP contribution in [0, 0.1) is 16.7 Å². The van der Waals surface area contributed by atoms with Crippen LogP contribution in [-0.4, -0.2) is 26.7 Å². The zero-order valence-electron chi connectivity index (χ0n) is 10.3. The monoisotopic (exact) mass is 268 g/mol. The van der Waals surface area contributed by atoms with E-state index in [1.54, 1.807) is 13.8 Å². The number of nitrogens with one attached hydrogen (secondary N) is 1. The number of benzene rings is 1. The highest BCUT2D eigenvalue weighted by Gasteiger charge is 2.21. The second-order valence-corrected chi connectivity index (χ2v) is 6.55. The molecule has 0 fully saturated rings. The number of hydrogen-bond donors (Lipinski definition) is 2. The van der Waals surface area contributed by atoms with Crippen molar-refractivity contribution in [3.05, 3.63) is 29.8 Å². The summed E-state index contributed by atoms with van der Waals surface area (Å²) in [5, 5.41) is 17.8. The number of nitrogens with zero attached hydrogens (tertiary/aromatic N) is 1. The highest BCUT2D eigenvalue weighted by Crippen LogP contribution is 2.15. The van der Waals surface area contributed by atoms with Gasteiger partial charge in [0.05, 0.1) is 16.5 Å². The summed E-state index contributed by atoms with van der Waals surface area (Å²) < 4.78 is 26.3. The lowest BCUT2D eigenvalue weighted by Gasteiger charge is -2.21. The largest absolute Gasteiger partial charge is 0.396 e. The number of rotatable bonds is 5.